The van der Waals surface area contributed by atoms with E-state index in [1.165, 1.54) is 13.2 Å². The van der Waals surface area contributed by atoms with Crippen molar-refractivity contribution in [2.45, 2.75) is 0 Å². The van der Waals surface area contributed by atoms with E-state index in [4.69, 9.17) is 4.74 Å². The second-order valence-corrected chi connectivity index (χ2v) is 7.89. The fraction of sp³-hybridized carbons (Fsp3) is 0.562. The lowest BCUT2D eigenvalue weighted by atomic mass is 10.2. The number of rotatable bonds is 7. The van der Waals surface area contributed by atoms with E-state index in [1.54, 1.807) is 23.1 Å². The van der Waals surface area contributed by atoms with Crippen LogP contribution >= 0.6 is 0 Å². The summed E-state index contributed by atoms with van der Waals surface area (Å²) in [7, 11) is -2.01. The molecule has 0 atom stereocenters. The van der Waals surface area contributed by atoms with Crippen LogP contribution in [0.25, 0.3) is 0 Å². The lowest BCUT2D eigenvalue weighted by Crippen LogP contribution is -2.52. The molecule has 0 saturated carbocycles. The molecule has 25 heavy (non-hydrogen) atoms. The van der Waals surface area contributed by atoms with Crippen molar-refractivity contribution in [3.63, 3.8) is 0 Å². The Bertz CT molecular complexity index is 690. The van der Waals surface area contributed by atoms with Crippen LogP contribution in [0.5, 0.6) is 0 Å². The number of hydrogen-bond donors (Lipinski definition) is 0. The van der Waals surface area contributed by atoms with Crippen molar-refractivity contribution >= 4 is 21.6 Å². The average Bonchev–Trinajstić information content (AvgIpc) is 2.58. The van der Waals surface area contributed by atoms with E-state index in [9.17, 15) is 17.6 Å². The van der Waals surface area contributed by atoms with Gasteiger partial charge in [-0.05, 0) is 12.1 Å². The first-order valence-electron chi connectivity index (χ1n) is 8.04. The Hall–Kier alpha value is -1.71. The highest BCUT2D eigenvalue weighted by Gasteiger charge is 2.26. The maximum atomic E-state index is 13.8. The number of benzene rings is 1. The SMILES string of the molecule is COCCN(CC(=O)N1CCN(c2ccccc2F)CC1)S(C)(=O)=O. The third-order valence-electron chi connectivity index (χ3n) is 4.15. The minimum Gasteiger partial charge on any atom is -0.383 e. The van der Waals surface area contributed by atoms with Gasteiger partial charge in [0.1, 0.15) is 5.82 Å². The molecule has 1 aliphatic heterocycles. The smallest absolute Gasteiger partial charge is 0.238 e. The van der Waals surface area contributed by atoms with Crippen LogP contribution in [0.1, 0.15) is 0 Å². The van der Waals surface area contributed by atoms with E-state index in [2.05, 4.69) is 0 Å². The molecule has 0 aromatic heterocycles. The van der Waals surface area contributed by atoms with E-state index in [0.717, 1.165) is 10.6 Å². The number of piperazine rings is 1. The molecule has 9 heteroatoms. The van der Waals surface area contributed by atoms with Gasteiger partial charge < -0.3 is 14.5 Å². The minimum atomic E-state index is -3.48. The maximum absolute atomic E-state index is 13.8. The first kappa shape index (κ1) is 19.6. The number of carbonyl (C=O) groups excluding carboxylic acids is 1. The van der Waals surface area contributed by atoms with Crippen LogP contribution < -0.4 is 4.90 Å². The third-order valence-corrected chi connectivity index (χ3v) is 5.40. The third kappa shape index (κ3) is 5.38. The fourth-order valence-electron chi connectivity index (χ4n) is 2.71. The van der Waals surface area contributed by atoms with E-state index in [0.29, 0.717) is 31.9 Å². The predicted molar refractivity (Wildman–Crippen MR) is 93.5 cm³/mol. The number of hydrogen-bond acceptors (Lipinski definition) is 5. The van der Waals surface area contributed by atoms with Gasteiger partial charge in [0.2, 0.25) is 15.9 Å². The second kappa shape index (κ2) is 8.59. The summed E-state index contributed by atoms with van der Waals surface area (Å²) in [5.74, 6) is -0.542. The number of para-hydroxylation sites is 1. The number of nitrogens with zero attached hydrogens (tertiary/aromatic N) is 3. The van der Waals surface area contributed by atoms with Crippen LogP contribution in [0.3, 0.4) is 0 Å². The van der Waals surface area contributed by atoms with E-state index >= 15 is 0 Å². The summed E-state index contributed by atoms with van der Waals surface area (Å²) in [4.78, 5) is 15.9. The standard InChI is InChI=1S/C16H24FN3O4S/c1-24-12-11-20(25(2,22)23)13-16(21)19-9-7-18(8-10-19)15-6-4-3-5-14(15)17/h3-6H,7-13H2,1-2H3. The van der Waals surface area contributed by atoms with Gasteiger partial charge in [-0.25, -0.2) is 12.8 Å². The van der Waals surface area contributed by atoms with Gasteiger partial charge in [-0.3, -0.25) is 4.79 Å². The van der Waals surface area contributed by atoms with Crippen molar-refractivity contribution in [1.82, 2.24) is 9.21 Å². The zero-order valence-electron chi connectivity index (χ0n) is 14.5. The second-order valence-electron chi connectivity index (χ2n) is 5.91. The van der Waals surface area contributed by atoms with Crippen LogP contribution in [0.15, 0.2) is 24.3 Å². The van der Waals surface area contributed by atoms with Gasteiger partial charge in [-0.2, -0.15) is 4.31 Å². The van der Waals surface area contributed by atoms with Crippen LogP contribution in [0.2, 0.25) is 0 Å². The zero-order chi connectivity index (χ0) is 18.4. The van der Waals surface area contributed by atoms with Crippen molar-refractivity contribution in [2.24, 2.45) is 0 Å². The Morgan fingerprint density at radius 1 is 1.24 bits per heavy atom. The Morgan fingerprint density at radius 3 is 2.44 bits per heavy atom. The maximum Gasteiger partial charge on any atom is 0.238 e. The highest BCUT2D eigenvalue weighted by Crippen LogP contribution is 2.20. The van der Waals surface area contributed by atoms with Crippen molar-refractivity contribution in [3.8, 4) is 0 Å². The summed E-state index contributed by atoms with van der Waals surface area (Å²) >= 11 is 0. The van der Waals surface area contributed by atoms with Gasteiger partial charge in [0.15, 0.2) is 0 Å². The first-order valence-corrected chi connectivity index (χ1v) is 9.89. The average molecular weight is 373 g/mol. The van der Waals surface area contributed by atoms with E-state index in [1.807, 2.05) is 4.90 Å². The normalized spacial score (nSPS) is 15.7. The Kier molecular flexibility index (Phi) is 6.74. The van der Waals surface area contributed by atoms with E-state index < -0.39 is 10.0 Å². The summed E-state index contributed by atoms with van der Waals surface area (Å²) in [5.41, 5.74) is 0.521. The molecule has 1 amide bonds. The van der Waals surface area contributed by atoms with Crippen LogP contribution in [-0.2, 0) is 19.6 Å². The van der Waals surface area contributed by atoms with Crippen LogP contribution in [0, 0.1) is 5.82 Å². The number of ether oxygens (including phenoxy) is 1. The summed E-state index contributed by atoms with van der Waals surface area (Å²) in [6.45, 7) is 2.01. The molecule has 140 valence electrons. The fourth-order valence-corrected chi connectivity index (χ4v) is 3.46. The Labute approximate surface area is 148 Å². The molecular formula is C16H24FN3O4S. The van der Waals surface area contributed by atoms with Crippen LogP contribution in [0.4, 0.5) is 10.1 Å². The largest absolute Gasteiger partial charge is 0.383 e. The van der Waals surface area contributed by atoms with Gasteiger partial charge in [0, 0.05) is 39.8 Å². The molecule has 0 radical (unpaired) electrons. The van der Waals surface area contributed by atoms with E-state index in [-0.39, 0.29) is 31.4 Å². The van der Waals surface area contributed by atoms with Crippen molar-refractivity contribution in [3.05, 3.63) is 30.1 Å². The molecule has 0 unspecified atom stereocenters. The van der Waals surface area contributed by atoms with Crippen LogP contribution in [-0.4, -0.2) is 82.8 Å². The number of halogens is 1. The highest BCUT2D eigenvalue weighted by molar-refractivity contribution is 7.88. The number of methoxy groups -OCH3 is 1. The topological polar surface area (TPSA) is 70.2 Å². The minimum absolute atomic E-state index is 0.135. The Morgan fingerprint density at radius 2 is 1.88 bits per heavy atom. The van der Waals surface area contributed by atoms with Crippen molar-refractivity contribution < 1.29 is 22.3 Å². The molecule has 0 aliphatic carbocycles. The van der Waals surface area contributed by atoms with Crippen molar-refractivity contribution in [2.75, 3.05) is 64.1 Å². The van der Waals surface area contributed by atoms with Gasteiger partial charge in [0.25, 0.3) is 0 Å². The van der Waals surface area contributed by atoms with Gasteiger partial charge in [-0.15, -0.1) is 0 Å². The molecule has 7 nitrogen and oxygen atoms in total. The zero-order valence-corrected chi connectivity index (χ0v) is 15.3. The molecule has 1 fully saturated rings. The molecule has 1 saturated heterocycles. The molecule has 1 aromatic carbocycles. The van der Waals surface area contributed by atoms with Gasteiger partial charge in [0.05, 0.1) is 25.1 Å². The number of carbonyl (C=O) groups is 1. The number of anilines is 1. The summed E-state index contributed by atoms with van der Waals surface area (Å²) in [6, 6.07) is 6.53. The lowest BCUT2D eigenvalue weighted by Gasteiger charge is -2.36. The monoisotopic (exact) mass is 373 g/mol. The highest BCUT2D eigenvalue weighted by atomic mass is 32.2. The quantitative estimate of drug-likeness (QED) is 0.691. The molecule has 0 spiro atoms. The van der Waals surface area contributed by atoms with Crippen molar-refractivity contribution in [1.29, 1.82) is 0 Å². The molecule has 1 aromatic rings. The lowest BCUT2D eigenvalue weighted by molar-refractivity contribution is -0.131. The molecule has 0 bridgehead atoms. The Balaban J connectivity index is 1.93. The molecule has 0 N–H and O–H groups in total. The molecule has 1 heterocycles. The summed E-state index contributed by atoms with van der Waals surface area (Å²) in [5, 5.41) is 0. The number of sulfonamides is 1. The molecular weight excluding hydrogens is 349 g/mol. The summed E-state index contributed by atoms with van der Waals surface area (Å²) < 4.78 is 43.4. The first-order chi connectivity index (χ1) is 11.8. The molecule has 1 aliphatic rings. The molecule has 2 rings (SSSR count). The van der Waals surface area contributed by atoms with Gasteiger partial charge >= 0.3 is 0 Å². The number of amides is 1. The van der Waals surface area contributed by atoms with Gasteiger partial charge in [-0.1, -0.05) is 12.1 Å². The summed E-state index contributed by atoms with van der Waals surface area (Å²) in [6.07, 6.45) is 1.08. The predicted octanol–water partition coefficient (Wildman–Crippen LogP) is 0.382.